The van der Waals surface area contributed by atoms with Crippen molar-refractivity contribution in [1.82, 2.24) is 24.3 Å². The Bertz CT molecular complexity index is 588. The Hall–Kier alpha value is -2.08. The molecule has 0 bridgehead atoms. The monoisotopic (exact) mass is 273 g/mol. The molecule has 3 rings (SSSR count). The minimum atomic E-state index is 0.0820. The zero-order valence-electron chi connectivity index (χ0n) is 11.8. The zero-order valence-corrected chi connectivity index (χ0v) is 11.8. The van der Waals surface area contributed by atoms with E-state index < -0.39 is 0 Å². The summed E-state index contributed by atoms with van der Waals surface area (Å²) >= 11 is 0. The van der Waals surface area contributed by atoms with E-state index in [1.54, 1.807) is 18.6 Å². The molecule has 0 radical (unpaired) electrons. The van der Waals surface area contributed by atoms with Crippen molar-refractivity contribution in [2.24, 2.45) is 7.05 Å². The molecule has 1 saturated heterocycles. The van der Waals surface area contributed by atoms with E-state index in [-0.39, 0.29) is 11.9 Å². The molecular weight excluding hydrogens is 254 g/mol. The molecule has 0 spiro atoms. The molecule has 20 heavy (non-hydrogen) atoms. The van der Waals surface area contributed by atoms with Crippen molar-refractivity contribution in [2.45, 2.75) is 6.04 Å². The van der Waals surface area contributed by atoms with Gasteiger partial charge in [-0.25, -0.2) is 4.98 Å². The molecule has 1 fully saturated rings. The number of piperazine rings is 1. The molecule has 1 amide bonds. The molecule has 6 heteroatoms. The van der Waals surface area contributed by atoms with E-state index in [9.17, 15) is 4.79 Å². The maximum absolute atomic E-state index is 12.4. The van der Waals surface area contributed by atoms with Crippen LogP contribution in [-0.4, -0.2) is 56.9 Å². The van der Waals surface area contributed by atoms with E-state index in [0.717, 1.165) is 18.9 Å². The lowest BCUT2D eigenvalue weighted by atomic mass is 10.1. The van der Waals surface area contributed by atoms with Gasteiger partial charge in [0, 0.05) is 51.5 Å². The van der Waals surface area contributed by atoms with Crippen molar-refractivity contribution in [3.05, 3.63) is 42.2 Å². The Labute approximate surface area is 118 Å². The highest BCUT2D eigenvalue weighted by Gasteiger charge is 2.31. The molecule has 1 aliphatic rings. The lowest BCUT2D eigenvalue weighted by Gasteiger charge is -2.38. The highest BCUT2D eigenvalue weighted by molar-refractivity contribution is 5.94. The minimum Gasteiger partial charge on any atom is -0.367 e. The summed E-state index contributed by atoms with van der Waals surface area (Å²) in [5.74, 6) is 1.08. The average Bonchev–Trinajstić information content (AvgIpc) is 3.10. The molecule has 1 atom stereocenters. The fourth-order valence-corrected chi connectivity index (χ4v) is 2.67. The van der Waals surface area contributed by atoms with E-state index in [1.807, 2.05) is 28.8 Å². The zero-order chi connectivity index (χ0) is 14.1. The summed E-state index contributed by atoms with van der Waals surface area (Å²) in [6, 6.07) is 1.96. The molecule has 2 aromatic rings. The number of likely N-dealkylation sites (N-methyl/N-ethyl adjacent to an activating group) is 1. The van der Waals surface area contributed by atoms with Crippen molar-refractivity contribution in [3.63, 3.8) is 0 Å². The molecule has 0 aromatic carbocycles. The molecule has 6 nitrogen and oxygen atoms in total. The first kappa shape index (κ1) is 12.9. The number of aromatic nitrogens is 3. The standard InChI is InChI=1S/C14H19N5O/c1-17-7-8-19(14(20)11-3-4-15-9-11)10-12(17)13-16-5-6-18(13)2/h3-6,9,12,15H,7-8,10H2,1-2H3/t12-/m1/s1. The van der Waals surface area contributed by atoms with Gasteiger partial charge >= 0.3 is 0 Å². The molecule has 0 unspecified atom stereocenters. The van der Waals surface area contributed by atoms with Crippen LogP contribution in [0.15, 0.2) is 30.9 Å². The third kappa shape index (κ3) is 2.22. The summed E-state index contributed by atoms with van der Waals surface area (Å²) in [6.07, 6.45) is 7.27. The number of hydrogen-bond donors (Lipinski definition) is 1. The van der Waals surface area contributed by atoms with Crippen LogP contribution in [0.4, 0.5) is 0 Å². The minimum absolute atomic E-state index is 0.0820. The maximum atomic E-state index is 12.4. The molecular formula is C14H19N5O. The van der Waals surface area contributed by atoms with Crippen LogP contribution in [0.2, 0.25) is 0 Å². The number of imidazole rings is 1. The van der Waals surface area contributed by atoms with E-state index in [0.29, 0.717) is 12.1 Å². The van der Waals surface area contributed by atoms with Crippen molar-refractivity contribution in [3.8, 4) is 0 Å². The Morgan fingerprint density at radius 3 is 2.90 bits per heavy atom. The first-order valence-corrected chi connectivity index (χ1v) is 6.76. The quantitative estimate of drug-likeness (QED) is 0.883. The topological polar surface area (TPSA) is 57.2 Å². The summed E-state index contributed by atoms with van der Waals surface area (Å²) in [5.41, 5.74) is 0.716. The predicted octanol–water partition coefficient (Wildman–Crippen LogP) is 0.877. The Kier molecular flexibility index (Phi) is 3.31. The largest absolute Gasteiger partial charge is 0.367 e. The van der Waals surface area contributed by atoms with E-state index >= 15 is 0 Å². The smallest absolute Gasteiger partial charge is 0.255 e. The van der Waals surface area contributed by atoms with Gasteiger partial charge in [-0.1, -0.05) is 0 Å². The van der Waals surface area contributed by atoms with Crippen LogP contribution in [0.3, 0.4) is 0 Å². The molecule has 3 heterocycles. The van der Waals surface area contributed by atoms with Gasteiger partial charge in [-0.15, -0.1) is 0 Å². The lowest BCUT2D eigenvalue weighted by Crippen LogP contribution is -2.49. The fraction of sp³-hybridized carbons (Fsp3) is 0.429. The van der Waals surface area contributed by atoms with Gasteiger partial charge in [-0.3, -0.25) is 9.69 Å². The molecule has 2 aromatic heterocycles. The van der Waals surface area contributed by atoms with Gasteiger partial charge in [0.1, 0.15) is 5.82 Å². The number of carbonyl (C=O) groups excluding carboxylic acids is 1. The lowest BCUT2D eigenvalue weighted by molar-refractivity contribution is 0.0529. The number of hydrogen-bond acceptors (Lipinski definition) is 3. The Morgan fingerprint density at radius 2 is 2.25 bits per heavy atom. The van der Waals surface area contributed by atoms with Crippen LogP contribution in [0.5, 0.6) is 0 Å². The van der Waals surface area contributed by atoms with Gasteiger partial charge in [-0.05, 0) is 13.1 Å². The molecule has 106 valence electrons. The fourth-order valence-electron chi connectivity index (χ4n) is 2.67. The first-order valence-electron chi connectivity index (χ1n) is 6.76. The molecule has 1 N–H and O–H groups in total. The van der Waals surface area contributed by atoms with Crippen LogP contribution in [0.25, 0.3) is 0 Å². The Balaban J connectivity index is 1.80. The summed E-state index contributed by atoms with van der Waals surface area (Å²) in [6.45, 7) is 2.28. The van der Waals surface area contributed by atoms with Crippen molar-refractivity contribution in [2.75, 3.05) is 26.7 Å². The first-order chi connectivity index (χ1) is 9.66. The number of carbonyl (C=O) groups is 1. The number of nitrogens with one attached hydrogen (secondary N) is 1. The van der Waals surface area contributed by atoms with Gasteiger partial charge < -0.3 is 14.5 Å². The Morgan fingerprint density at radius 1 is 1.40 bits per heavy atom. The molecule has 0 aliphatic carbocycles. The van der Waals surface area contributed by atoms with E-state index in [2.05, 4.69) is 21.9 Å². The molecule has 1 aliphatic heterocycles. The van der Waals surface area contributed by atoms with Crippen LogP contribution in [0, 0.1) is 0 Å². The van der Waals surface area contributed by atoms with Crippen molar-refractivity contribution >= 4 is 5.91 Å². The second-order valence-corrected chi connectivity index (χ2v) is 5.24. The van der Waals surface area contributed by atoms with Gasteiger partial charge in [-0.2, -0.15) is 0 Å². The number of nitrogens with zero attached hydrogens (tertiary/aromatic N) is 4. The third-order valence-corrected chi connectivity index (χ3v) is 3.94. The van der Waals surface area contributed by atoms with Crippen LogP contribution in [0.1, 0.15) is 22.2 Å². The predicted molar refractivity (Wildman–Crippen MR) is 75.3 cm³/mol. The van der Waals surface area contributed by atoms with E-state index in [1.165, 1.54) is 0 Å². The number of aryl methyl sites for hydroxylation is 1. The SMILES string of the molecule is CN1CCN(C(=O)c2cc[nH]c2)C[C@@H]1c1nccn1C. The number of amides is 1. The van der Waals surface area contributed by atoms with Gasteiger partial charge in [0.2, 0.25) is 0 Å². The summed E-state index contributed by atoms with van der Waals surface area (Å²) in [4.78, 5) is 23.9. The highest BCUT2D eigenvalue weighted by atomic mass is 16.2. The average molecular weight is 273 g/mol. The van der Waals surface area contributed by atoms with Crippen molar-refractivity contribution in [1.29, 1.82) is 0 Å². The van der Waals surface area contributed by atoms with Gasteiger partial charge in [0.15, 0.2) is 0 Å². The summed E-state index contributed by atoms with van der Waals surface area (Å²) < 4.78 is 2.02. The number of H-pyrrole nitrogens is 1. The highest BCUT2D eigenvalue weighted by Crippen LogP contribution is 2.23. The second kappa shape index (κ2) is 5.13. The van der Waals surface area contributed by atoms with Gasteiger partial charge in [0.05, 0.1) is 11.6 Å². The number of aromatic amines is 1. The van der Waals surface area contributed by atoms with Gasteiger partial charge in [0.25, 0.3) is 5.91 Å². The maximum Gasteiger partial charge on any atom is 0.255 e. The molecule has 0 saturated carbocycles. The number of rotatable bonds is 2. The normalized spacial score (nSPS) is 20.3. The van der Waals surface area contributed by atoms with Crippen LogP contribution < -0.4 is 0 Å². The van der Waals surface area contributed by atoms with Crippen molar-refractivity contribution < 1.29 is 4.79 Å². The van der Waals surface area contributed by atoms with Crippen LogP contribution >= 0.6 is 0 Å². The van der Waals surface area contributed by atoms with Crippen LogP contribution in [-0.2, 0) is 7.05 Å². The summed E-state index contributed by atoms with van der Waals surface area (Å²) in [5, 5.41) is 0. The van der Waals surface area contributed by atoms with E-state index in [4.69, 9.17) is 0 Å². The third-order valence-electron chi connectivity index (χ3n) is 3.94. The summed E-state index contributed by atoms with van der Waals surface area (Å²) in [7, 11) is 4.07. The second-order valence-electron chi connectivity index (χ2n) is 5.24.